The summed E-state index contributed by atoms with van der Waals surface area (Å²) in [6.45, 7) is 1.30. The lowest BCUT2D eigenvalue weighted by molar-refractivity contribution is -0.388. The van der Waals surface area contributed by atoms with Crippen LogP contribution < -0.4 is 4.90 Å². The number of nitrogens with zero attached hydrogens (tertiary/aromatic N) is 2. The number of anilines is 1. The Labute approximate surface area is 125 Å². The van der Waals surface area contributed by atoms with Gasteiger partial charge in [0.25, 0.3) is 5.69 Å². The molecule has 0 aliphatic rings. The Morgan fingerprint density at radius 1 is 1.18 bits per heavy atom. The largest absolute Gasteiger partial charge is 0.423 e. The zero-order valence-corrected chi connectivity index (χ0v) is 12.2. The van der Waals surface area contributed by atoms with Crippen LogP contribution in [0.1, 0.15) is 5.56 Å². The van der Waals surface area contributed by atoms with Crippen molar-refractivity contribution < 1.29 is 27.6 Å². The van der Waals surface area contributed by atoms with Gasteiger partial charge >= 0.3 is 6.18 Å². The second-order valence-electron chi connectivity index (χ2n) is 4.43. The van der Waals surface area contributed by atoms with Crippen LogP contribution in [0.25, 0.3) is 0 Å². The molecule has 1 aromatic carbocycles. The van der Waals surface area contributed by atoms with Crippen LogP contribution in [0.3, 0.4) is 0 Å². The molecule has 0 saturated carbocycles. The van der Waals surface area contributed by atoms with Crippen LogP contribution in [0, 0.1) is 10.1 Å². The van der Waals surface area contributed by atoms with E-state index in [0.29, 0.717) is 26.3 Å². The molecule has 0 N–H and O–H groups in total. The van der Waals surface area contributed by atoms with Gasteiger partial charge in [0.2, 0.25) is 0 Å². The fourth-order valence-corrected chi connectivity index (χ4v) is 1.88. The van der Waals surface area contributed by atoms with Gasteiger partial charge in [0, 0.05) is 39.1 Å². The summed E-state index contributed by atoms with van der Waals surface area (Å²) >= 11 is 0. The fraction of sp³-hybridized carbons (Fsp3) is 0.538. The number of nitro benzene ring substituents is 1. The highest BCUT2D eigenvalue weighted by molar-refractivity contribution is 5.56. The van der Waals surface area contributed by atoms with E-state index in [-0.39, 0.29) is 5.69 Å². The van der Waals surface area contributed by atoms with E-state index >= 15 is 0 Å². The molecule has 0 radical (unpaired) electrons. The predicted molar refractivity (Wildman–Crippen MR) is 74.1 cm³/mol. The average Bonchev–Trinajstić information content (AvgIpc) is 2.46. The number of rotatable bonds is 8. The van der Waals surface area contributed by atoms with E-state index in [9.17, 15) is 23.3 Å². The van der Waals surface area contributed by atoms with E-state index in [1.807, 2.05) is 0 Å². The topological polar surface area (TPSA) is 64.8 Å². The number of methoxy groups -OCH3 is 2. The first-order valence-electron chi connectivity index (χ1n) is 6.39. The number of hydrogen-bond donors (Lipinski definition) is 0. The third-order valence-electron chi connectivity index (χ3n) is 2.98. The Bertz CT molecular complexity index is 501. The summed E-state index contributed by atoms with van der Waals surface area (Å²) in [6.07, 6.45) is -4.80. The highest BCUT2D eigenvalue weighted by Gasteiger charge is 2.38. The second-order valence-corrected chi connectivity index (χ2v) is 4.43. The van der Waals surface area contributed by atoms with Crippen LogP contribution >= 0.6 is 0 Å². The van der Waals surface area contributed by atoms with Gasteiger partial charge in [-0.15, -0.1) is 0 Å². The van der Waals surface area contributed by atoms with Crippen molar-refractivity contribution >= 4 is 11.4 Å². The molecule has 6 nitrogen and oxygen atoms in total. The molecular weight excluding hydrogens is 305 g/mol. The van der Waals surface area contributed by atoms with Crippen LogP contribution in [-0.2, 0) is 15.7 Å². The van der Waals surface area contributed by atoms with Gasteiger partial charge < -0.3 is 14.4 Å². The summed E-state index contributed by atoms with van der Waals surface area (Å²) in [7, 11) is 2.96. The van der Waals surface area contributed by atoms with E-state index in [1.54, 1.807) is 4.90 Å². The molecule has 0 aliphatic heterocycles. The molecule has 0 unspecified atom stereocenters. The summed E-state index contributed by atoms with van der Waals surface area (Å²) in [6, 6.07) is 2.94. The van der Waals surface area contributed by atoms with Crippen LogP contribution in [-0.4, -0.2) is 45.4 Å². The lowest BCUT2D eigenvalue weighted by atomic mass is 10.1. The van der Waals surface area contributed by atoms with Crippen molar-refractivity contribution in [3.05, 3.63) is 33.9 Å². The summed E-state index contributed by atoms with van der Waals surface area (Å²) < 4.78 is 48.8. The summed E-state index contributed by atoms with van der Waals surface area (Å²) in [5.41, 5.74) is -2.00. The summed E-state index contributed by atoms with van der Waals surface area (Å²) in [5.74, 6) is 0. The van der Waals surface area contributed by atoms with Crippen molar-refractivity contribution in [2.24, 2.45) is 0 Å². The SMILES string of the molecule is COCCN(CCOC)c1ccc([N+](=O)[O-])c(C(F)(F)F)c1. The first kappa shape index (κ1) is 18.2. The molecule has 0 heterocycles. The van der Waals surface area contributed by atoms with Gasteiger partial charge in [-0.05, 0) is 12.1 Å². The molecule has 0 spiro atoms. The van der Waals surface area contributed by atoms with E-state index < -0.39 is 22.4 Å². The molecular formula is C13H17F3N2O4. The normalized spacial score (nSPS) is 11.5. The zero-order valence-electron chi connectivity index (χ0n) is 12.2. The quantitative estimate of drug-likeness (QED) is 0.544. The van der Waals surface area contributed by atoms with E-state index in [0.717, 1.165) is 12.1 Å². The maximum Gasteiger partial charge on any atom is 0.423 e. The fourth-order valence-electron chi connectivity index (χ4n) is 1.88. The Hall–Kier alpha value is -1.87. The van der Waals surface area contributed by atoms with Crippen LogP contribution in [0.5, 0.6) is 0 Å². The van der Waals surface area contributed by atoms with Crippen LogP contribution in [0.4, 0.5) is 24.5 Å². The highest BCUT2D eigenvalue weighted by Crippen LogP contribution is 2.38. The van der Waals surface area contributed by atoms with Gasteiger partial charge in [0.15, 0.2) is 0 Å². The van der Waals surface area contributed by atoms with Gasteiger partial charge in [0.1, 0.15) is 5.56 Å². The van der Waals surface area contributed by atoms with Crippen molar-refractivity contribution in [2.75, 3.05) is 45.4 Å². The lowest BCUT2D eigenvalue weighted by Crippen LogP contribution is -2.31. The molecule has 1 rings (SSSR count). The van der Waals surface area contributed by atoms with Gasteiger partial charge in [-0.1, -0.05) is 0 Å². The standard InChI is InChI=1S/C13H17F3N2O4/c1-21-7-5-17(6-8-22-2)10-3-4-12(18(19)20)11(9-10)13(14,15)16/h3-4,9H,5-8H2,1-2H3. The van der Waals surface area contributed by atoms with Crippen LogP contribution in [0.15, 0.2) is 18.2 Å². The molecule has 124 valence electrons. The number of halogens is 3. The number of benzene rings is 1. The smallest absolute Gasteiger partial charge is 0.383 e. The molecule has 1 aromatic rings. The van der Waals surface area contributed by atoms with Gasteiger partial charge in [0.05, 0.1) is 18.1 Å². The van der Waals surface area contributed by atoms with Crippen molar-refractivity contribution in [3.63, 3.8) is 0 Å². The van der Waals surface area contributed by atoms with Gasteiger partial charge in [-0.25, -0.2) is 0 Å². The molecule has 0 amide bonds. The molecule has 0 fully saturated rings. The number of ether oxygens (including phenoxy) is 2. The minimum absolute atomic E-state index is 0.229. The first-order chi connectivity index (χ1) is 10.3. The Morgan fingerprint density at radius 3 is 2.14 bits per heavy atom. The minimum atomic E-state index is -4.80. The second kappa shape index (κ2) is 7.95. The molecule has 0 atom stereocenters. The van der Waals surface area contributed by atoms with Crippen molar-refractivity contribution in [1.29, 1.82) is 0 Å². The summed E-state index contributed by atoms with van der Waals surface area (Å²) in [5, 5.41) is 10.7. The Balaban J connectivity index is 3.18. The minimum Gasteiger partial charge on any atom is -0.383 e. The van der Waals surface area contributed by atoms with Crippen molar-refractivity contribution in [1.82, 2.24) is 0 Å². The maximum absolute atomic E-state index is 13.0. The Morgan fingerprint density at radius 2 is 1.73 bits per heavy atom. The van der Waals surface area contributed by atoms with Gasteiger partial charge in [-0.3, -0.25) is 10.1 Å². The number of nitro groups is 1. The average molecular weight is 322 g/mol. The van der Waals surface area contributed by atoms with E-state index in [2.05, 4.69) is 0 Å². The third kappa shape index (κ3) is 4.85. The molecule has 22 heavy (non-hydrogen) atoms. The molecule has 0 aliphatic carbocycles. The molecule has 9 heteroatoms. The monoisotopic (exact) mass is 322 g/mol. The van der Waals surface area contributed by atoms with E-state index in [4.69, 9.17) is 9.47 Å². The van der Waals surface area contributed by atoms with Gasteiger partial charge in [-0.2, -0.15) is 13.2 Å². The van der Waals surface area contributed by atoms with Crippen molar-refractivity contribution in [2.45, 2.75) is 6.18 Å². The van der Waals surface area contributed by atoms with Crippen molar-refractivity contribution in [3.8, 4) is 0 Å². The maximum atomic E-state index is 13.0. The third-order valence-corrected chi connectivity index (χ3v) is 2.98. The molecule has 0 saturated heterocycles. The molecule has 0 bridgehead atoms. The lowest BCUT2D eigenvalue weighted by Gasteiger charge is -2.25. The summed E-state index contributed by atoms with van der Waals surface area (Å²) in [4.78, 5) is 11.3. The van der Waals surface area contributed by atoms with Crippen LogP contribution in [0.2, 0.25) is 0 Å². The highest BCUT2D eigenvalue weighted by atomic mass is 19.4. The number of hydrogen-bond acceptors (Lipinski definition) is 5. The Kier molecular flexibility index (Phi) is 6.57. The predicted octanol–water partition coefficient (Wildman–Crippen LogP) is 2.71. The zero-order chi connectivity index (χ0) is 16.8. The number of alkyl halides is 3. The first-order valence-corrected chi connectivity index (χ1v) is 6.39. The van der Waals surface area contributed by atoms with E-state index in [1.165, 1.54) is 20.3 Å². The molecule has 0 aromatic heterocycles.